The van der Waals surface area contributed by atoms with Crippen LogP contribution in [0.1, 0.15) is 49.4 Å². The second-order valence-electron chi connectivity index (χ2n) is 6.83. The zero-order valence-electron chi connectivity index (χ0n) is 14.6. The van der Waals surface area contributed by atoms with Crippen molar-refractivity contribution in [3.05, 3.63) is 54.1 Å². The van der Waals surface area contributed by atoms with Crippen molar-refractivity contribution >= 4 is 17.3 Å². The molecule has 1 heterocycles. The van der Waals surface area contributed by atoms with Crippen LogP contribution in [-0.2, 0) is 0 Å². The number of para-hydroxylation sites is 1. The van der Waals surface area contributed by atoms with Crippen molar-refractivity contribution < 1.29 is 9.53 Å². The molecule has 4 rings (SSSR count). The lowest BCUT2D eigenvalue weighted by Crippen LogP contribution is -2.61. The van der Waals surface area contributed by atoms with Gasteiger partial charge in [0.1, 0.15) is 11.4 Å². The van der Waals surface area contributed by atoms with Crippen molar-refractivity contribution in [3.8, 4) is 5.75 Å². The summed E-state index contributed by atoms with van der Waals surface area (Å²) in [6.07, 6.45) is 5.45. The third kappa shape index (κ3) is 2.76. The number of nitrogens with one attached hydrogen (secondary N) is 1. The van der Waals surface area contributed by atoms with E-state index in [-0.39, 0.29) is 11.6 Å². The number of benzene rings is 2. The minimum Gasteiger partial charge on any atom is -0.494 e. The Morgan fingerprint density at radius 1 is 1.04 bits per heavy atom. The quantitative estimate of drug-likeness (QED) is 0.874. The molecule has 1 fully saturated rings. The first-order valence-electron chi connectivity index (χ1n) is 9.18. The molecule has 4 nitrogen and oxygen atoms in total. The minimum atomic E-state index is -0.323. The highest BCUT2D eigenvalue weighted by Crippen LogP contribution is 2.43. The first-order chi connectivity index (χ1) is 12.2. The zero-order chi connectivity index (χ0) is 17.3. The Hall–Kier alpha value is -2.49. The van der Waals surface area contributed by atoms with Crippen LogP contribution < -0.4 is 15.0 Å². The van der Waals surface area contributed by atoms with Crippen molar-refractivity contribution in [2.75, 3.05) is 16.8 Å². The monoisotopic (exact) mass is 336 g/mol. The number of rotatable bonds is 3. The van der Waals surface area contributed by atoms with E-state index in [4.69, 9.17) is 4.74 Å². The number of carbonyl (C=O) groups is 1. The van der Waals surface area contributed by atoms with Crippen molar-refractivity contribution in [1.29, 1.82) is 0 Å². The minimum absolute atomic E-state index is 0.0837. The number of hydrogen-bond donors (Lipinski definition) is 1. The van der Waals surface area contributed by atoms with E-state index in [0.717, 1.165) is 48.4 Å². The van der Waals surface area contributed by atoms with Crippen LogP contribution in [0.3, 0.4) is 0 Å². The molecule has 2 aromatic rings. The van der Waals surface area contributed by atoms with Crippen LogP contribution in [0.25, 0.3) is 0 Å². The topological polar surface area (TPSA) is 41.6 Å². The predicted molar refractivity (Wildman–Crippen MR) is 100 cm³/mol. The van der Waals surface area contributed by atoms with Gasteiger partial charge in [0.25, 0.3) is 5.91 Å². The lowest BCUT2D eigenvalue weighted by Gasteiger charge is -2.50. The van der Waals surface area contributed by atoms with Crippen LogP contribution in [0.5, 0.6) is 5.75 Å². The summed E-state index contributed by atoms with van der Waals surface area (Å²) < 4.78 is 5.55. The van der Waals surface area contributed by atoms with Gasteiger partial charge in [0, 0.05) is 11.4 Å². The van der Waals surface area contributed by atoms with Crippen LogP contribution in [-0.4, -0.2) is 18.2 Å². The molecular weight excluding hydrogens is 312 g/mol. The first kappa shape index (κ1) is 16.0. The Labute approximate surface area is 148 Å². The standard InChI is InChI=1S/C21H24N2O2/c1-2-25-17-12-10-16(11-13-17)23-20(24)18-8-4-5-9-19(18)22-21(23)14-6-3-7-15-21/h4-5,8-13,22H,2-3,6-7,14-15H2,1H3. The summed E-state index contributed by atoms with van der Waals surface area (Å²) in [5.41, 5.74) is 2.30. The summed E-state index contributed by atoms with van der Waals surface area (Å²) in [5, 5.41) is 3.70. The molecule has 0 bridgehead atoms. The van der Waals surface area contributed by atoms with Gasteiger partial charge in [0.15, 0.2) is 0 Å². The molecule has 2 aromatic carbocycles. The van der Waals surface area contributed by atoms with Gasteiger partial charge >= 0.3 is 0 Å². The first-order valence-corrected chi connectivity index (χ1v) is 9.18. The van der Waals surface area contributed by atoms with E-state index >= 15 is 0 Å². The number of fused-ring (bicyclic) bond motifs is 1. The van der Waals surface area contributed by atoms with Crippen molar-refractivity contribution in [3.63, 3.8) is 0 Å². The molecule has 0 radical (unpaired) electrons. The van der Waals surface area contributed by atoms with Crippen LogP contribution in [0.2, 0.25) is 0 Å². The molecule has 1 aliphatic carbocycles. The fourth-order valence-electron chi connectivity index (χ4n) is 4.11. The lowest BCUT2D eigenvalue weighted by molar-refractivity contribution is 0.0938. The molecule has 1 aliphatic heterocycles. The summed E-state index contributed by atoms with van der Waals surface area (Å²) in [6.45, 7) is 2.61. The van der Waals surface area contributed by atoms with E-state index in [1.165, 1.54) is 6.42 Å². The molecule has 2 aliphatic rings. The van der Waals surface area contributed by atoms with Gasteiger partial charge in [-0.2, -0.15) is 0 Å². The van der Waals surface area contributed by atoms with Crippen molar-refractivity contribution in [2.24, 2.45) is 0 Å². The molecule has 25 heavy (non-hydrogen) atoms. The molecule has 0 atom stereocenters. The summed E-state index contributed by atoms with van der Waals surface area (Å²) in [7, 11) is 0. The second kappa shape index (κ2) is 6.43. The van der Waals surface area contributed by atoms with E-state index in [1.807, 2.05) is 60.4 Å². The maximum absolute atomic E-state index is 13.4. The van der Waals surface area contributed by atoms with Crippen molar-refractivity contribution in [1.82, 2.24) is 0 Å². The molecule has 0 saturated heterocycles. The molecule has 1 N–H and O–H groups in total. The van der Waals surface area contributed by atoms with E-state index in [9.17, 15) is 4.79 Å². The molecule has 1 amide bonds. The Morgan fingerprint density at radius 3 is 2.48 bits per heavy atom. The predicted octanol–water partition coefficient (Wildman–Crippen LogP) is 4.82. The highest BCUT2D eigenvalue weighted by molar-refractivity contribution is 6.12. The summed E-state index contributed by atoms with van der Waals surface area (Å²) in [5.74, 6) is 0.919. The molecule has 130 valence electrons. The van der Waals surface area contributed by atoms with Gasteiger partial charge in [-0.25, -0.2) is 0 Å². The number of hydrogen-bond acceptors (Lipinski definition) is 3. The van der Waals surface area contributed by atoms with Crippen molar-refractivity contribution in [2.45, 2.75) is 44.7 Å². The number of carbonyl (C=O) groups excluding carboxylic acids is 1. The number of amides is 1. The molecule has 4 heteroatoms. The SMILES string of the molecule is CCOc1ccc(N2C(=O)c3ccccc3NC23CCCCC3)cc1. The molecule has 1 spiro atoms. The molecular formula is C21H24N2O2. The highest BCUT2D eigenvalue weighted by Gasteiger charge is 2.45. The van der Waals surface area contributed by atoms with E-state index < -0.39 is 0 Å². The van der Waals surface area contributed by atoms with Gasteiger partial charge in [0.2, 0.25) is 0 Å². The normalized spacial score (nSPS) is 18.6. The van der Waals surface area contributed by atoms with Gasteiger partial charge in [-0.1, -0.05) is 18.6 Å². The molecule has 0 unspecified atom stereocenters. The third-order valence-electron chi connectivity index (χ3n) is 5.24. The zero-order valence-corrected chi connectivity index (χ0v) is 14.6. The third-order valence-corrected chi connectivity index (χ3v) is 5.24. The Kier molecular flexibility index (Phi) is 4.12. The van der Waals surface area contributed by atoms with E-state index in [0.29, 0.717) is 6.61 Å². The fraction of sp³-hybridized carbons (Fsp3) is 0.381. The van der Waals surface area contributed by atoms with E-state index in [2.05, 4.69) is 5.32 Å². The van der Waals surface area contributed by atoms with Gasteiger partial charge in [-0.3, -0.25) is 9.69 Å². The number of anilines is 2. The Bertz CT molecular complexity index is 764. The summed E-state index contributed by atoms with van der Waals surface area (Å²) >= 11 is 0. The highest BCUT2D eigenvalue weighted by atomic mass is 16.5. The maximum atomic E-state index is 13.4. The number of nitrogens with zero attached hydrogens (tertiary/aromatic N) is 1. The average Bonchev–Trinajstić information content (AvgIpc) is 2.64. The Morgan fingerprint density at radius 2 is 1.76 bits per heavy atom. The van der Waals surface area contributed by atoms with Crippen LogP contribution in [0.15, 0.2) is 48.5 Å². The average molecular weight is 336 g/mol. The molecule has 1 saturated carbocycles. The van der Waals surface area contributed by atoms with Gasteiger partial charge in [-0.05, 0) is 69.0 Å². The summed E-state index contributed by atoms with van der Waals surface area (Å²) in [6, 6.07) is 15.7. The van der Waals surface area contributed by atoms with Gasteiger partial charge < -0.3 is 10.1 Å². The van der Waals surface area contributed by atoms with Crippen LogP contribution >= 0.6 is 0 Å². The Balaban J connectivity index is 1.77. The van der Waals surface area contributed by atoms with Crippen LogP contribution in [0, 0.1) is 0 Å². The largest absolute Gasteiger partial charge is 0.494 e. The maximum Gasteiger partial charge on any atom is 0.262 e. The summed E-state index contributed by atoms with van der Waals surface area (Å²) in [4.78, 5) is 15.3. The molecule has 0 aromatic heterocycles. The smallest absolute Gasteiger partial charge is 0.262 e. The van der Waals surface area contributed by atoms with Gasteiger partial charge in [0.05, 0.1) is 12.2 Å². The fourth-order valence-corrected chi connectivity index (χ4v) is 4.11. The lowest BCUT2D eigenvalue weighted by atomic mass is 9.84. The van der Waals surface area contributed by atoms with Crippen LogP contribution in [0.4, 0.5) is 11.4 Å². The number of ether oxygens (including phenoxy) is 1. The second-order valence-corrected chi connectivity index (χ2v) is 6.83. The van der Waals surface area contributed by atoms with Gasteiger partial charge in [-0.15, -0.1) is 0 Å². The van der Waals surface area contributed by atoms with E-state index in [1.54, 1.807) is 0 Å².